The van der Waals surface area contributed by atoms with Crippen LogP contribution in [-0.2, 0) is 12.1 Å². The Hall–Kier alpha value is -2.72. The van der Waals surface area contributed by atoms with Crippen LogP contribution in [0, 0.1) is 58.4 Å². The second-order valence-electron chi connectivity index (χ2n) is 12.7. The molecule has 0 heterocycles. The molecule has 0 fully saturated rings. The van der Waals surface area contributed by atoms with E-state index in [2.05, 4.69) is 33.0 Å². The first kappa shape index (κ1) is 47.3. The summed E-state index contributed by atoms with van der Waals surface area (Å²) in [6.45, 7) is 11.8. The lowest BCUT2D eigenvalue weighted by Gasteiger charge is -2.26. The Bertz CT molecular complexity index is 1390. The number of rotatable bonds is 18. The van der Waals surface area contributed by atoms with Gasteiger partial charge in [-0.3, -0.25) is 0 Å². The predicted octanol–water partition coefficient (Wildman–Crippen LogP) is 13.7. The second-order valence-corrected chi connectivity index (χ2v) is 12.7. The van der Waals surface area contributed by atoms with Crippen molar-refractivity contribution in [2.75, 3.05) is 13.1 Å². The minimum atomic E-state index is -7.10. The maximum absolute atomic E-state index is 13.9. The summed E-state index contributed by atoms with van der Waals surface area (Å²) in [4.78, 5) is 0. The number of hydrogen-bond donors (Lipinski definition) is 1. The number of unbranched alkanes of at least 4 members (excludes halogenated alkanes) is 6. The summed E-state index contributed by atoms with van der Waals surface area (Å²) in [5.41, 5.74) is -14.2. The van der Waals surface area contributed by atoms with Crippen molar-refractivity contribution in [1.29, 1.82) is 0 Å². The van der Waals surface area contributed by atoms with E-state index in [1.54, 1.807) is 0 Å². The summed E-state index contributed by atoms with van der Waals surface area (Å²) in [5.74, 6) is -32.3. The number of benzene rings is 2. The summed E-state index contributed by atoms with van der Waals surface area (Å²) in [6, 6.07) is 0. The lowest BCUT2D eigenvalue weighted by Crippen LogP contribution is -2.36. The van der Waals surface area contributed by atoms with Crippen molar-refractivity contribution in [1.82, 2.24) is 5.32 Å². The molecule has 300 valence electrons. The molecule has 2 rings (SSSR count). The van der Waals surface area contributed by atoms with Gasteiger partial charge >= 0.3 is 18.3 Å². The van der Waals surface area contributed by atoms with Crippen molar-refractivity contribution < 1.29 is 70.2 Å². The van der Waals surface area contributed by atoms with Crippen LogP contribution >= 0.6 is 0 Å². The quantitative estimate of drug-likeness (QED) is 0.0687. The maximum Gasteiger partial charge on any atom is 0.458 e. The molecule has 17 heteroatoms. The highest BCUT2D eigenvalue weighted by molar-refractivity contribution is 5.75. The summed E-state index contributed by atoms with van der Waals surface area (Å²) < 4.78 is 214. The van der Waals surface area contributed by atoms with Crippen LogP contribution in [0.5, 0.6) is 0 Å². The zero-order valence-electron chi connectivity index (χ0n) is 29.1. The molecule has 2 atom stereocenters. The van der Waals surface area contributed by atoms with E-state index < -0.39 is 87.1 Å². The van der Waals surface area contributed by atoms with E-state index in [9.17, 15) is 70.2 Å². The molecule has 0 aliphatic carbocycles. The Morgan fingerprint density at radius 2 is 0.962 bits per heavy atom. The largest absolute Gasteiger partial charge is 0.458 e. The molecule has 0 aliphatic rings. The zero-order valence-corrected chi connectivity index (χ0v) is 29.1. The molecule has 52 heavy (non-hydrogen) atoms. The molecule has 2 aromatic rings. The second kappa shape index (κ2) is 20.7. The molecule has 2 unspecified atom stereocenters. The molecular weight excluding hydrogens is 738 g/mol. The van der Waals surface area contributed by atoms with Crippen LogP contribution in [0.15, 0.2) is 0 Å². The highest BCUT2D eigenvalue weighted by atomic mass is 19.4. The van der Waals surface area contributed by atoms with E-state index in [1.165, 1.54) is 90.1 Å². The van der Waals surface area contributed by atoms with Crippen LogP contribution in [-0.4, -0.2) is 19.3 Å². The van der Waals surface area contributed by atoms with Gasteiger partial charge in [-0.1, -0.05) is 91.9 Å². The number of nitrogens with one attached hydrogen (secondary N) is 1. The van der Waals surface area contributed by atoms with Gasteiger partial charge in [-0.2, -0.15) is 35.1 Å². The molecule has 0 radical (unpaired) electrons. The van der Waals surface area contributed by atoms with Crippen molar-refractivity contribution in [2.45, 2.75) is 123 Å². The Morgan fingerprint density at radius 3 is 1.42 bits per heavy atom. The minimum Gasteiger partial charge on any atom is -0.316 e. The summed E-state index contributed by atoms with van der Waals surface area (Å²) in [7, 11) is 0. The van der Waals surface area contributed by atoms with E-state index >= 15 is 0 Å². The molecule has 0 spiro atoms. The molecule has 0 aromatic heterocycles. The van der Waals surface area contributed by atoms with Gasteiger partial charge in [0.15, 0.2) is 40.7 Å². The van der Waals surface area contributed by atoms with Gasteiger partial charge in [0.2, 0.25) is 5.82 Å². The van der Waals surface area contributed by atoms with Crippen LogP contribution in [0.3, 0.4) is 0 Å². The Kier molecular flexibility index (Phi) is 18.8. The average Bonchev–Trinajstić information content (AvgIpc) is 3.05. The average molecular weight is 782 g/mol. The molecule has 1 nitrogen and oxygen atoms in total. The van der Waals surface area contributed by atoms with Crippen molar-refractivity contribution in [3.8, 4) is 11.1 Å². The van der Waals surface area contributed by atoms with Gasteiger partial charge in [-0.15, -0.1) is 0 Å². The monoisotopic (exact) mass is 781 g/mol. The van der Waals surface area contributed by atoms with Crippen LogP contribution in [0.1, 0.15) is 116 Å². The first-order valence-corrected chi connectivity index (χ1v) is 17.0. The van der Waals surface area contributed by atoms with Crippen LogP contribution in [0.4, 0.5) is 70.2 Å². The topological polar surface area (TPSA) is 12.0 Å². The Morgan fingerprint density at radius 1 is 0.500 bits per heavy atom. The van der Waals surface area contributed by atoms with Gasteiger partial charge in [0, 0.05) is 5.56 Å². The van der Waals surface area contributed by atoms with E-state index in [1.807, 2.05) is 0 Å². The summed E-state index contributed by atoms with van der Waals surface area (Å²) in [5, 5.41) is 3.66. The van der Waals surface area contributed by atoms with Crippen molar-refractivity contribution in [2.24, 2.45) is 11.8 Å². The Balaban J connectivity index is 0.000000564. The zero-order chi connectivity index (χ0) is 40.2. The summed E-state index contributed by atoms with van der Waals surface area (Å²) in [6.07, 6.45) is 3.18. The van der Waals surface area contributed by atoms with Gasteiger partial charge < -0.3 is 5.32 Å². The molecule has 1 N–H and O–H groups in total. The van der Waals surface area contributed by atoms with Crippen LogP contribution < -0.4 is 5.32 Å². The Labute approximate surface area is 292 Å². The van der Waals surface area contributed by atoms with E-state index in [0.717, 1.165) is 11.8 Å². The van der Waals surface area contributed by atoms with Crippen LogP contribution in [0.25, 0.3) is 11.1 Å². The molecule has 2 aromatic carbocycles. The highest BCUT2D eigenvalue weighted by Crippen LogP contribution is 2.53. The third-order valence-corrected chi connectivity index (χ3v) is 8.53. The van der Waals surface area contributed by atoms with E-state index in [0.29, 0.717) is 0 Å². The molecular formula is C35H43F16N. The fourth-order valence-electron chi connectivity index (χ4n) is 5.58. The third kappa shape index (κ3) is 12.2. The van der Waals surface area contributed by atoms with Gasteiger partial charge in [0.1, 0.15) is 5.56 Å². The van der Waals surface area contributed by atoms with Crippen molar-refractivity contribution >= 4 is 0 Å². The molecule has 0 saturated carbocycles. The van der Waals surface area contributed by atoms with Gasteiger partial charge in [0.05, 0.1) is 11.1 Å². The van der Waals surface area contributed by atoms with Crippen molar-refractivity contribution in [3.05, 3.63) is 57.7 Å². The number of hydrogen-bond acceptors (Lipinski definition) is 1. The molecule has 0 bridgehead atoms. The first-order chi connectivity index (χ1) is 24.0. The minimum absolute atomic E-state index is 0.848. The smallest absolute Gasteiger partial charge is 0.316 e. The molecule has 0 saturated heterocycles. The van der Waals surface area contributed by atoms with E-state index in [-0.39, 0.29) is 0 Å². The molecule has 0 aliphatic heterocycles. The van der Waals surface area contributed by atoms with Gasteiger partial charge in [-0.05, 0) is 37.8 Å². The fourth-order valence-corrected chi connectivity index (χ4v) is 5.58. The van der Waals surface area contributed by atoms with Crippen molar-refractivity contribution in [3.63, 3.8) is 0 Å². The number of alkyl halides is 8. The number of halogens is 16. The van der Waals surface area contributed by atoms with Crippen LogP contribution in [0.2, 0.25) is 0 Å². The fraction of sp³-hybridized carbons (Fsp3) is 0.657. The van der Waals surface area contributed by atoms with Gasteiger partial charge in [-0.25, -0.2) is 35.1 Å². The normalized spacial score (nSPS) is 13.6. The highest BCUT2D eigenvalue weighted by Gasteiger charge is 2.63. The predicted molar refractivity (Wildman–Crippen MR) is 164 cm³/mol. The SMILES string of the molecule is CCCCCCCCCNCC(C)CCC(CC)CCC.Fc1c(F)c(F)c(-c2c(C(F)(F)F)c(F)c(F)c(F)c2C(F)(F)C(F)(F)F)c(F)c1F. The first-order valence-electron chi connectivity index (χ1n) is 17.0. The lowest BCUT2D eigenvalue weighted by atomic mass is 9.88. The third-order valence-electron chi connectivity index (χ3n) is 8.53. The standard InChI is InChI=1S/C20H43N.C15F16/c1-5-8-9-10-11-12-13-17-21-18-19(4)15-16-20(7-3)14-6-2;16-5-2(6(17)10(21)12(23)9(5)20)1-3(13(24,25)15(29,30)31)7(18)11(22)8(19)4(1)14(26,27)28/h19-21H,5-18H2,1-4H3;. The van der Waals surface area contributed by atoms with Gasteiger partial charge in [0.25, 0.3) is 0 Å². The lowest BCUT2D eigenvalue weighted by molar-refractivity contribution is -0.290. The maximum atomic E-state index is 13.9. The summed E-state index contributed by atoms with van der Waals surface area (Å²) >= 11 is 0. The molecule has 0 amide bonds. The van der Waals surface area contributed by atoms with E-state index in [4.69, 9.17) is 0 Å².